The monoisotopic (exact) mass is 1190 g/mol. The van der Waals surface area contributed by atoms with Crippen LogP contribution in [0.3, 0.4) is 0 Å². The Morgan fingerprint density at radius 3 is 0.714 bits per heavy atom. The van der Waals surface area contributed by atoms with Gasteiger partial charge in [0.2, 0.25) is 0 Å². The molecule has 1 aliphatic heterocycles. The van der Waals surface area contributed by atoms with E-state index in [1.54, 1.807) is 0 Å². The highest BCUT2D eigenvalue weighted by Crippen LogP contribution is 2.29. The summed E-state index contributed by atoms with van der Waals surface area (Å²) < 4.78 is 24.1. The van der Waals surface area contributed by atoms with Crippen LogP contribution in [-0.4, -0.2) is 75.3 Å². The highest BCUT2D eigenvalue weighted by Gasteiger charge is 2.16. The van der Waals surface area contributed by atoms with Crippen molar-refractivity contribution < 1.29 is 29.2 Å². The van der Waals surface area contributed by atoms with Crippen LogP contribution in [0.15, 0.2) is 0 Å². The Labute approximate surface area is 528 Å². The van der Waals surface area contributed by atoms with E-state index < -0.39 is 0 Å². The third kappa shape index (κ3) is 53.6. The van der Waals surface area contributed by atoms with E-state index >= 15 is 0 Å². The van der Waals surface area contributed by atoms with E-state index in [2.05, 4.69) is 83.1 Å². The Bertz CT molecular complexity index is 1330. The number of rotatable bonds is 2. The predicted octanol–water partition coefficient (Wildman–Crippen LogP) is 23.6. The minimum absolute atomic E-state index is 0.0422. The van der Waals surface area contributed by atoms with Crippen LogP contribution in [0.4, 0.5) is 0 Å². The minimum atomic E-state index is -0.202. The normalized spacial score (nSPS) is 34.2. The van der Waals surface area contributed by atoms with Gasteiger partial charge in [0.15, 0.2) is 0 Å². The lowest BCUT2D eigenvalue weighted by atomic mass is 9.88. The van der Waals surface area contributed by atoms with Gasteiger partial charge in [-0.2, -0.15) is 0 Å². The van der Waals surface area contributed by atoms with Crippen LogP contribution in [0.25, 0.3) is 0 Å². The summed E-state index contributed by atoms with van der Waals surface area (Å²) in [6.07, 6.45) is 58.9. The molecule has 1 rings (SSSR count). The van der Waals surface area contributed by atoms with Gasteiger partial charge < -0.3 is 29.2 Å². The van der Waals surface area contributed by atoms with Crippen molar-refractivity contribution >= 4 is 0 Å². The van der Waals surface area contributed by atoms with Crippen molar-refractivity contribution in [2.45, 2.75) is 378 Å². The lowest BCUT2D eigenvalue weighted by molar-refractivity contribution is -0.0471. The number of aliphatic hydroxyl groups is 2. The molecule has 14 unspecified atom stereocenters. The van der Waals surface area contributed by atoms with Crippen molar-refractivity contribution in [2.24, 2.45) is 71.0 Å². The largest absolute Gasteiger partial charge is 0.394 e. The van der Waals surface area contributed by atoms with E-state index in [0.29, 0.717) is 25.0 Å². The molecule has 0 aromatic heterocycles. The molecule has 504 valence electrons. The van der Waals surface area contributed by atoms with Crippen LogP contribution in [0.5, 0.6) is 0 Å². The van der Waals surface area contributed by atoms with Crippen LogP contribution in [0.2, 0.25) is 0 Å². The molecule has 1 fully saturated rings. The Morgan fingerprint density at radius 2 is 0.405 bits per heavy atom. The zero-order valence-corrected chi connectivity index (χ0v) is 59.4. The van der Waals surface area contributed by atoms with Gasteiger partial charge in [-0.1, -0.05) is 340 Å². The molecule has 1 aliphatic rings. The summed E-state index contributed by atoms with van der Waals surface area (Å²) >= 11 is 0. The maximum atomic E-state index is 10.00. The van der Waals surface area contributed by atoms with E-state index in [1.807, 2.05) is 0 Å². The standard InChI is InChI=1S/C78H156O6/c1-65-34-22-24-57-81-63-77(61-79)83-58-23-20-18-16-14-13-15-17-19-21-33-71(7)51-52-72(8)46-28-42-67(3)37-26-39-69(5)44-31-49-75(11)55-59-82-64-78(62-80)84-60-56-76(12)50-32-45-70(6)40-27-38-68(4)43-30-48-74(10)54-53-73(9)47-29-41-66(2)36-25-35-65/h65-80H,13-64H2,1-12H3. The quantitative estimate of drug-likeness (QED) is 0.287. The fraction of sp³-hybridized carbons (Fsp3) is 1.00. The van der Waals surface area contributed by atoms with Crippen molar-refractivity contribution in [3.05, 3.63) is 0 Å². The molecule has 14 atom stereocenters. The van der Waals surface area contributed by atoms with Crippen molar-refractivity contribution in [3.8, 4) is 0 Å². The summed E-state index contributed by atoms with van der Waals surface area (Å²) in [4.78, 5) is 0. The van der Waals surface area contributed by atoms with Gasteiger partial charge in [-0.05, 0) is 96.7 Å². The third-order valence-corrected chi connectivity index (χ3v) is 20.9. The molecule has 0 bridgehead atoms. The lowest BCUT2D eigenvalue weighted by Crippen LogP contribution is -2.25. The zero-order chi connectivity index (χ0) is 61.7. The van der Waals surface area contributed by atoms with Crippen molar-refractivity contribution in [1.29, 1.82) is 0 Å². The van der Waals surface area contributed by atoms with Gasteiger partial charge in [-0.3, -0.25) is 0 Å². The summed E-state index contributed by atoms with van der Waals surface area (Å²) in [6.45, 7) is 33.9. The molecular formula is C78H156O6. The van der Waals surface area contributed by atoms with Crippen molar-refractivity contribution in [3.63, 3.8) is 0 Å². The van der Waals surface area contributed by atoms with E-state index in [9.17, 15) is 10.2 Å². The van der Waals surface area contributed by atoms with E-state index in [-0.39, 0.29) is 25.4 Å². The van der Waals surface area contributed by atoms with Crippen LogP contribution in [0.1, 0.15) is 366 Å². The highest BCUT2D eigenvalue weighted by atomic mass is 16.5. The van der Waals surface area contributed by atoms with E-state index in [1.165, 1.54) is 257 Å². The Morgan fingerprint density at radius 1 is 0.202 bits per heavy atom. The number of aliphatic hydroxyl groups excluding tert-OH is 2. The molecule has 6 nitrogen and oxygen atoms in total. The van der Waals surface area contributed by atoms with Crippen LogP contribution < -0.4 is 0 Å². The van der Waals surface area contributed by atoms with Gasteiger partial charge in [0.05, 0.1) is 26.4 Å². The summed E-state index contributed by atoms with van der Waals surface area (Å²) in [5, 5.41) is 19.9. The maximum Gasteiger partial charge on any atom is 0.104 e. The van der Waals surface area contributed by atoms with Gasteiger partial charge in [-0.25, -0.2) is 0 Å². The number of hydrogen-bond donors (Lipinski definition) is 2. The third-order valence-electron chi connectivity index (χ3n) is 20.9. The first-order valence-electron chi connectivity index (χ1n) is 38.2. The molecule has 84 heavy (non-hydrogen) atoms. The summed E-state index contributed by atoms with van der Waals surface area (Å²) in [5.41, 5.74) is 0. The first-order chi connectivity index (χ1) is 40.6. The molecule has 1 saturated heterocycles. The summed E-state index contributed by atoms with van der Waals surface area (Å²) in [6, 6.07) is 0. The average Bonchev–Trinajstić information content (AvgIpc) is 3.46. The fourth-order valence-corrected chi connectivity index (χ4v) is 13.8. The number of hydrogen-bond acceptors (Lipinski definition) is 6. The Kier molecular flexibility index (Phi) is 56.4. The van der Waals surface area contributed by atoms with Crippen LogP contribution >= 0.6 is 0 Å². The second kappa shape index (κ2) is 57.9. The molecule has 0 aromatic rings. The molecule has 0 aromatic carbocycles. The minimum Gasteiger partial charge on any atom is -0.394 e. The maximum absolute atomic E-state index is 10.00. The van der Waals surface area contributed by atoms with Crippen molar-refractivity contribution in [1.82, 2.24) is 0 Å². The first kappa shape index (κ1) is 81.8. The van der Waals surface area contributed by atoms with Gasteiger partial charge in [0, 0.05) is 26.4 Å². The van der Waals surface area contributed by atoms with Crippen LogP contribution in [-0.2, 0) is 18.9 Å². The zero-order valence-electron chi connectivity index (χ0n) is 59.4. The predicted molar refractivity (Wildman–Crippen MR) is 368 cm³/mol. The first-order valence-corrected chi connectivity index (χ1v) is 38.2. The fourth-order valence-electron chi connectivity index (χ4n) is 13.8. The van der Waals surface area contributed by atoms with E-state index in [0.717, 1.165) is 111 Å². The van der Waals surface area contributed by atoms with Gasteiger partial charge in [-0.15, -0.1) is 0 Å². The van der Waals surface area contributed by atoms with Crippen LogP contribution in [0, 0.1) is 71.0 Å². The molecule has 0 amide bonds. The Hall–Kier alpha value is -0.240. The van der Waals surface area contributed by atoms with E-state index in [4.69, 9.17) is 18.9 Å². The summed E-state index contributed by atoms with van der Waals surface area (Å²) in [7, 11) is 0. The van der Waals surface area contributed by atoms with Gasteiger partial charge in [0.25, 0.3) is 0 Å². The molecule has 0 saturated carbocycles. The molecule has 6 heteroatoms. The van der Waals surface area contributed by atoms with Crippen molar-refractivity contribution in [2.75, 3.05) is 52.9 Å². The summed E-state index contributed by atoms with van der Waals surface area (Å²) in [5.74, 6) is 9.87. The molecule has 0 aliphatic carbocycles. The van der Waals surface area contributed by atoms with Gasteiger partial charge >= 0.3 is 0 Å². The Balaban J connectivity index is 2.43. The lowest BCUT2D eigenvalue weighted by Gasteiger charge is -2.19. The number of ether oxygens (including phenoxy) is 4. The van der Waals surface area contributed by atoms with Gasteiger partial charge in [0.1, 0.15) is 12.2 Å². The molecule has 0 spiro atoms. The second-order valence-corrected chi connectivity index (χ2v) is 30.8. The topological polar surface area (TPSA) is 77.4 Å². The molecule has 2 N–H and O–H groups in total. The SMILES string of the molecule is CC1CCCCOCC(CO)OCCCCCCCCCCCCC(C)CCC(C)CCCC(C)CCCC(C)CCCC(C)CCOCC(CO)OCCC(C)CCCC(C)CCCC(C)CCCC(C)CCC(C)CCCC(C)CCC1. The molecular weight excluding hydrogens is 1030 g/mol. The smallest absolute Gasteiger partial charge is 0.104 e. The molecule has 1 heterocycles. The average molecular weight is 1190 g/mol. The highest BCUT2D eigenvalue weighted by molar-refractivity contribution is 4.68. The second-order valence-electron chi connectivity index (χ2n) is 30.8. The molecule has 0 radical (unpaired) electrons.